The van der Waals surface area contributed by atoms with Crippen molar-refractivity contribution in [2.45, 2.75) is 25.8 Å². The summed E-state index contributed by atoms with van der Waals surface area (Å²) in [5.41, 5.74) is 6.83. The van der Waals surface area contributed by atoms with Crippen LogP contribution in [0.15, 0.2) is 22.7 Å². The van der Waals surface area contributed by atoms with E-state index < -0.39 is 0 Å². The molecule has 0 amide bonds. The van der Waals surface area contributed by atoms with Crippen LogP contribution in [0.3, 0.4) is 0 Å². The number of halogens is 1. The molecule has 1 aromatic rings. The minimum Gasteiger partial charge on any atom is -0.493 e. The maximum absolute atomic E-state index is 8.42. The predicted molar refractivity (Wildman–Crippen MR) is 67.1 cm³/mol. The zero-order chi connectivity index (χ0) is 12.0. The lowest BCUT2D eigenvalue weighted by Crippen LogP contribution is -2.08. The number of unbranched alkanes of at least 4 members (excludes halogenated alkanes) is 1. The van der Waals surface area contributed by atoms with Crippen LogP contribution in [-0.2, 0) is 0 Å². The third-order valence-electron chi connectivity index (χ3n) is 2.16. The van der Waals surface area contributed by atoms with Crippen molar-refractivity contribution < 1.29 is 4.74 Å². The van der Waals surface area contributed by atoms with Gasteiger partial charge >= 0.3 is 0 Å². The maximum atomic E-state index is 8.42. The fourth-order valence-electron chi connectivity index (χ4n) is 1.34. The first-order valence-corrected chi connectivity index (χ1v) is 5.99. The first kappa shape index (κ1) is 13.0. The van der Waals surface area contributed by atoms with Gasteiger partial charge in [-0.05, 0) is 25.5 Å². The standard InChI is InChI=1S/C12H15BrN2O/c1-9(15)11-5-4-10(13)8-12(11)16-7-3-2-6-14/h4-5,8-9H,2-3,7,15H2,1H3/t9-/m1/s1. The largest absolute Gasteiger partial charge is 0.493 e. The van der Waals surface area contributed by atoms with Crippen LogP contribution in [0, 0.1) is 11.3 Å². The first-order chi connectivity index (χ1) is 7.65. The molecule has 2 N–H and O–H groups in total. The minimum atomic E-state index is -0.0564. The molecule has 0 saturated carbocycles. The summed E-state index contributed by atoms with van der Waals surface area (Å²) in [5.74, 6) is 0.794. The molecule has 0 unspecified atom stereocenters. The molecular formula is C12H15BrN2O. The van der Waals surface area contributed by atoms with E-state index in [1.165, 1.54) is 0 Å². The van der Waals surface area contributed by atoms with E-state index in [4.69, 9.17) is 15.7 Å². The maximum Gasteiger partial charge on any atom is 0.125 e. The summed E-state index contributed by atoms with van der Waals surface area (Å²) in [5, 5.41) is 8.42. The summed E-state index contributed by atoms with van der Waals surface area (Å²) < 4.78 is 6.59. The van der Waals surface area contributed by atoms with Gasteiger partial charge in [0.25, 0.3) is 0 Å². The number of rotatable bonds is 5. The highest BCUT2D eigenvalue weighted by Gasteiger charge is 2.08. The molecule has 86 valence electrons. The average molecular weight is 283 g/mol. The predicted octanol–water partition coefficient (Wildman–Crippen LogP) is 3.15. The molecule has 0 fully saturated rings. The van der Waals surface area contributed by atoms with Gasteiger partial charge in [0.2, 0.25) is 0 Å². The van der Waals surface area contributed by atoms with Crippen molar-refractivity contribution >= 4 is 15.9 Å². The molecule has 0 aromatic heterocycles. The number of nitriles is 1. The molecule has 1 aromatic carbocycles. The summed E-state index contributed by atoms with van der Waals surface area (Å²) in [4.78, 5) is 0. The molecular weight excluding hydrogens is 268 g/mol. The van der Waals surface area contributed by atoms with E-state index in [-0.39, 0.29) is 6.04 Å². The van der Waals surface area contributed by atoms with Crippen LogP contribution in [0.4, 0.5) is 0 Å². The lowest BCUT2D eigenvalue weighted by Gasteiger charge is -2.14. The Hall–Kier alpha value is -1.05. The van der Waals surface area contributed by atoms with Crippen molar-refractivity contribution in [1.82, 2.24) is 0 Å². The Morgan fingerprint density at radius 2 is 2.31 bits per heavy atom. The van der Waals surface area contributed by atoms with Crippen LogP contribution in [0.25, 0.3) is 0 Å². The SMILES string of the molecule is C[C@@H](N)c1ccc(Br)cc1OCCCC#N. The van der Waals surface area contributed by atoms with Gasteiger partial charge in [-0.15, -0.1) is 0 Å². The molecule has 0 aliphatic rings. The van der Waals surface area contributed by atoms with E-state index in [1.807, 2.05) is 25.1 Å². The van der Waals surface area contributed by atoms with Gasteiger partial charge in [-0.25, -0.2) is 0 Å². The van der Waals surface area contributed by atoms with Crippen molar-refractivity contribution in [2.24, 2.45) is 5.73 Å². The van der Waals surface area contributed by atoms with Crippen LogP contribution in [0.1, 0.15) is 31.4 Å². The molecule has 0 bridgehead atoms. The van der Waals surface area contributed by atoms with Crippen molar-refractivity contribution in [3.63, 3.8) is 0 Å². The number of hydrogen-bond donors (Lipinski definition) is 1. The molecule has 3 nitrogen and oxygen atoms in total. The van der Waals surface area contributed by atoms with Crippen molar-refractivity contribution in [3.8, 4) is 11.8 Å². The molecule has 0 spiro atoms. The second kappa shape index (κ2) is 6.51. The topological polar surface area (TPSA) is 59.0 Å². The number of benzene rings is 1. The summed E-state index contributed by atoms with van der Waals surface area (Å²) >= 11 is 3.39. The Kier molecular flexibility index (Phi) is 5.30. The Labute approximate surface area is 104 Å². The zero-order valence-corrected chi connectivity index (χ0v) is 10.8. The van der Waals surface area contributed by atoms with Crippen LogP contribution in [0.2, 0.25) is 0 Å². The fraction of sp³-hybridized carbons (Fsp3) is 0.417. The van der Waals surface area contributed by atoms with E-state index in [0.29, 0.717) is 13.0 Å². The lowest BCUT2D eigenvalue weighted by molar-refractivity contribution is 0.308. The number of nitrogens with two attached hydrogens (primary N) is 1. The molecule has 4 heteroatoms. The first-order valence-electron chi connectivity index (χ1n) is 5.20. The highest BCUT2D eigenvalue weighted by Crippen LogP contribution is 2.27. The van der Waals surface area contributed by atoms with Gasteiger partial charge in [-0.1, -0.05) is 22.0 Å². The Balaban J connectivity index is 2.69. The number of nitrogens with zero attached hydrogens (tertiary/aromatic N) is 1. The van der Waals surface area contributed by atoms with E-state index in [0.717, 1.165) is 22.2 Å². The molecule has 1 atom stereocenters. The quantitative estimate of drug-likeness (QED) is 0.844. The van der Waals surface area contributed by atoms with Crippen molar-refractivity contribution in [2.75, 3.05) is 6.61 Å². The smallest absolute Gasteiger partial charge is 0.125 e. The van der Waals surface area contributed by atoms with E-state index in [2.05, 4.69) is 22.0 Å². The highest BCUT2D eigenvalue weighted by atomic mass is 79.9. The Morgan fingerprint density at radius 1 is 1.56 bits per heavy atom. The second-order valence-electron chi connectivity index (χ2n) is 3.58. The summed E-state index contributed by atoms with van der Waals surface area (Å²) in [7, 11) is 0. The van der Waals surface area contributed by atoms with E-state index >= 15 is 0 Å². The normalized spacial score (nSPS) is 11.9. The van der Waals surface area contributed by atoms with Gasteiger partial charge in [0.05, 0.1) is 12.7 Å². The zero-order valence-electron chi connectivity index (χ0n) is 9.24. The van der Waals surface area contributed by atoms with Crippen LogP contribution >= 0.6 is 15.9 Å². The molecule has 0 saturated heterocycles. The molecule has 0 radical (unpaired) electrons. The summed E-state index contributed by atoms with van der Waals surface area (Å²) in [6, 6.07) is 7.84. The van der Waals surface area contributed by atoms with E-state index in [1.54, 1.807) is 0 Å². The second-order valence-corrected chi connectivity index (χ2v) is 4.50. The molecule has 16 heavy (non-hydrogen) atoms. The van der Waals surface area contributed by atoms with Crippen LogP contribution in [-0.4, -0.2) is 6.61 Å². The van der Waals surface area contributed by atoms with E-state index in [9.17, 15) is 0 Å². The van der Waals surface area contributed by atoms with Gasteiger partial charge in [0, 0.05) is 22.5 Å². The van der Waals surface area contributed by atoms with Crippen molar-refractivity contribution in [1.29, 1.82) is 5.26 Å². The third kappa shape index (κ3) is 3.84. The Bertz CT molecular complexity index is 385. The van der Waals surface area contributed by atoms with Gasteiger partial charge in [0.15, 0.2) is 0 Å². The fourth-order valence-corrected chi connectivity index (χ4v) is 1.68. The summed E-state index contributed by atoms with van der Waals surface area (Å²) in [6.07, 6.45) is 1.25. The Morgan fingerprint density at radius 3 is 2.94 bits per heavy atom. The highest BCUT2D eigenvalue weighted by molar-refractivity contribution is 9.10. The number of hydrogen-bond acceptors (Lipinski definition) is 3. The average Bonchev–Trinajstić information content (AvgIpc) is 2.24. The van der Waals surface area contributed by atoms with Crippen LogP contribution in [0.5, 0.6) is 5.75 Å². The molecule has 1 rings (SSSR count). The van der Waals surface area contributed by atoms with Crippen molar-refractivity contribution in [3.05, 3.63) is 28.2 Å². The monoisotopic (exact) mass is 282 g/mol. The van der Waals surface area contributed by atoms with Gasteiger partial charge in [-0.2, -0.15) is 5.26 Å². The van der Waals surface area contributed by atoms with Gasteiger partial charge in [0.1, 0.15) is 5.75 Å². The minimum absolute atomic E-state index is 0.0564. The number of ether oxygens (including phenoxy) is 1. The van der Waals surface area contributed by atoms with Gasteiger partial charge < -0.3 is 10.5 Å². The van der Waals surface area contributed by atoms with Crippen LogP contribution < -0.4 is 10.5 Å². The third-order valence-corrected chi connectivity index (χ3v) is 2.65. The van der Waals surface area contributed by atoms with Gasteiger partial charge in [-0.3, -0.25) is 0 Å². The summed E-state index contributed by atoms with van der Waals surface area (Å²) in [6.45, 7) is 2.47. The molecule has 0 heterocycles. The lowest BCUT2D eigenvalue weighted by atomic mass is 10.1. The molecule has 0 aliphatic heterocycles. The molecule has 0 aliphatic carbocycles.